The Balaban J connectivity index is 1.46. The molecule has 2 N–H and O–H groups in total. The SMILES string of the molecule is NCc1cc(CN2CCN(Cc3ccccc3)CC2)on1. The standard InChI is InChI=1S/C16H22N4O/c17-11-15-10-16(21-18-15)13-20-8-6-19(7-9-20)12-14-4-2-1-3-5-14/h1-5,10H,6-9,11-13,17H2. The van der Waals surface area contributed by atoms with E-state index in [1.165, 1.54) is 5.56 Å². The molecule has 1 aliphatic heterocycles. The maximum Gasteiger partial charge on any atom is 0.151 e. The minimum absolute atomic E-state index is 0.439. The molecule has 1 aliphatic rings. The minimum atomic E-state index is 0.439. The number of piperazine rings is 1. The number of hydrogen-bond acceptors (Lipinski definition) is 5. The van der Waals surface area contributed by atoms with Crippen molar-refractivity contribution in [3.8, 4) is 0 Å². The summed E-state index contributed by atoms with van der Waals surface area (Å²) in [6.07, 6.45) is 0. The maximum atomic E-state index is 5.55. The molecule has 21 heavy (non-hydrogen) atoms. The molecule has 0 radical (unpaired) electrons. The zero-order valence-electron chi connectivity index (χ0n) is 12.2. The zero-order chi connectivity index (χ0) is 14.5. The first kappa shape index (κ1) is 14.3. The fourth-order valence-electron chi connectivity index (χ4n) is 2.69. The van der Waals surface area contributed by atoms with Gasteiger partial charge in [0, 0.05) is 45.3 Å². The molecule has 0 aliphatic carbocycles. The van der Waals surface area contributed by atoms with Crippen LogP contribution in [0.5, 0.6) is 0 Å². The average molecular weight is 286 g/mol. The second-order valence-electron chi connectivity index (χ2n) is 5.53. The number of hydrogen-bond donors (Lipinski definition) is 1. The third-order valence-corrected chi connectivity index (χ3v) is 3.91. The van der Waals surface area contributed by atoms with E-state index in [0.29, 0.717) is 6.54 Å². The van der Waals surface area contributed by atoms with Crippen molar-refractivity contribution in [1.82, 2.24) is 15.0 Å². The van der Waals surface area contributed by atoms with Gasteiger partial charge in [0.1, 0.15) is 0 Å². The Morgan fingerprint density at radius 3 is 2.29 bits per heavy atom. The first-order valence-corrected chi connectivity index (χ1v) is 7.46. The second kappa shape index (κ2) is 6.85. The van der Waals surface area contributed by atoms with Crippen molar-refractivity contribution in [2.45, 2.75) is 19.6 Å². The van der Waals surface area contributed by atoms with Gasteiger partial charge in [-0.25, -0.2) is 0 Å². The molecule has 3 rings (SSSR count). The van der Waals surface area contributed by atoms with Crippen LogP contribution in [0.3, 0.4) is 0 Å². The highest BCUT2D eigenvalue weighted by Gasteiger charge is 2.18. The Morgan fingerprint density at radius 1 is 1.00 bits per heavy atom. The van der Waals surface area contributed by atoms with Crippen molar-refractivity contribution in [2.75, 3.05) is 26.2 Å². The largest absolute Gasteiger partial charge is 0.360 e. The molecule has 0 bridgehead atoms. The van der Waals surface area contributed by atoms with Gasteiger partial charge in [-0.3, -0.25) is 9.80 Å². The van der Waals surface area contributed by atoms with Gasteiger partial charge in [0.2, 0.25) is 0 Å². The van der Waals surface area contributed by atoms with Gasteiger partial charge in [-0.05, 0) is 5.56 Å². The molecule has 0 spiro atoms. The molecule has 0 unspecified atom stereocenters. The van der Waals surface area contributed by atoms with Crippen LogP contribution in [0.25, 0.3) is 0 Å². The predicted molar refractivity (Wildman–Crippen MR) is 81.4 cm³/mol. The van der Waals surface area contributed by atoms with Crippen LogP contribution in [0.2, 0.25) is 0 Å². The van der Waals surface area contributed by atoms with Crippen LogP contribution in [0.4, 0.5) is 0 Å². The lowest BCUT2D eigenvalue weighted by molar-refractivity contribution is 0.113. The lowest BCUT2D eigenvalue weighted by Crippen LogP contribution is -2.45. The van der Waals surface area contributed by atoms with E-state index in [1.54, 1.807) is 0 Å². The lowest BCUT2D eigenvalue weighted by atomic mass is 10.2. The monoisotopic (exact) mass is 286 g/mol. The summed E-state index contributed by atoms with van der Waals surface area (Å²) in [5.41, 5.74) is 7.75. The highest BCUT2D eigenvalue weighted by atomic mass is 16.5. The first-order chi connectivity index (χ1) is 10.3. The van der Waals surface area contributed by atoms with Crippen molar-refractivity contribution in [3.05, 3.63) is 53.4 Å². The van der Waals surface area contributed by atoms with Crippen LogP contribution in [0.1, 0.15) is 17.0 Å². The second-order valence-corrected chi connectivity index (χ2v) is 5.53. The topological polar surface area (TPSA) is 58.5 Å². The van der Waals surface area contributed by atoms with Gasteiger partial charge in [0.05, 0.1) is 12.2 Å². The quantitative estimate of drug-likeness (QED) is 0.901. The van der Waals surface area contributed by atoms with Crippen molar-refractivity contribution < 1.29 is 4.52 Å². The summed E-state index contributed by atoms with van der Waals surface area (Å²) in [7, 11) is 0. The van der Waals surface area contributed by atoms with E-state index in [2.05, 4.69) is 45.3 Å². The van der Waals surface area contributed by atoms with Gasteiger partial charge in [0.15, 0.2) is 5.76 Å². The zero-order valence-corrected chi connectivity index (χ0v) is 12.2. The molecular weight excluding hydrogens is 264 g/mol. The molecule has 0 amide bonds. The first-order valence-electron chi connectivity index (χ1n) is 7.46. The van der Waals surface area contributed by atoms with Gasteiger partial charge in [-0.1, -0.05) is 35.5 Å². The molecule has 5 heteroatoms. The van der Waals surface area contributed by atoms with Gasteiger partial charge < -0.3 is 10.3 Å². The number of benzene rings is 1. The Bertz CT molecular complexity index is 546. The van der Waals surface area contributed by atoms with Crippen molar-refractivity contribution in [2.24, 2.45) is 5.73 Å². The van der Waals surface area contributed by atoms with Gasteiger partial charge in [0.25, 0.3) is 0 Å². The molecule has 1 fully saturated rings. The summed E-state index contributed by atoms with van der Waals surface area (Å²) < 4.78 is 5.30. The highest BCUT2D eigenvalue weighted by Crippen LogP contribution is 2.12. The Hall–Kier alpha value is -1.69. The van der Waals surface area contributed by atoms with Gasteiger partial charge in [-0.15, -0.1) is 0 Å². The lowest BCUT2D eigenvalue weighted by Gasteiger charge is -2.34. The number of rotatable bonds is 5. The average Bonchev–Trinajstić information content (AvgIpc) is 2.98. The maximum absolute atomic E-state index is 5.55. The van der Waals surface area contributed by atoms with E-state index in [4.69, 9.17) is 10.3 Å². The van der Waals surface area contributed by atoms with E-state index in [1.807, 2.05) is 6.07 Å². The molecule has 0 atom stereocenters. The summed E-state index contributed by atoms with van der Waals surface area (Å²) in [6, 6.07) is 12.6. The summed E-state index contributed by atoms with van der Waals surface area (Å²) in [6.45, 7) is 6.60. The Kier molecular flexibility index (Phi) is 4.65. The highest BCUT2D eigenvalue weighted by molar-refractivity contribution is 5.14. The fraction of sp³-hybridized carbons (Fsp3) is 0.438. The van der Waals surface area contributed by atoms with Crippen LogP contribution in [-0.2, 0) is 19.6 Å². The van der Waals surface area contributed by atoms with Gasteiger partial charge >= 0.3 is 0 Å². The summed E-state index contributed by atoms with van der Waals surface area (Å²) in [4.78, 5) is 4.90. The van der Waals surface area contributed by atoms with Crippen molar-refractivity contribution in [3.63, 3.8) is 0 Å². The normalized spacial score (nSPS) is 17.2. The predicted octanol–water partition coefficient (Wildman–Crippen LogP) is 1.45. The Labute approximate surface area is 125 Å². The summed E-state index contributed by atoms with van der Waals surface area (Å²) in [5, 5.41) is 3.93. The number of nitrogens with zero attached hydrogens (tertiary/aromatic N) is 3. The summed E-state index contributed by atoms with van der Waals surface area (Å²) in [5.74, 6) is 0.909. The molecular formula is C16H22N4O. The van der Waals surface area contributed by atoms with E-state index in [0.717, 1.165) is 50.7 Å². The van der Waals surface area contributed by atoms with Crippen LogP contribution >= 0.6 is 0 Å². The Morgan fingerprint density at radius 2 is 1.67 bits per heavy atom. The molecule has 112 valence electrons. The molecule has 1 aromatic heterocycles. The minimum Gasteiger partial charge on any atom is -0.360 e. The van der Waals surface area contributed by atoms with Crippen molar-refractivity contribution >= 4 is 0 Å². The van der Waals surface area contributed by atoms with Crippen LogP contribution in [0.15, 0.2) is 40.9 Å². The molecule has 1 saturated heterocycles. The smallest absolute Gasteiger partial charge is 0.151 e. The van der Waals surface area contributed by atoms with E-state index < -0.39 is 0 Å². The fourth-order valence-corrected chi connectivity index (χ4v) is 2.69. The molecule has 2 aromatic rings. The summed E-state index contributed by atoms with van der Waals surface area (Å²) >= 11 is 0. The number of aromatic nitrogens is 1. The van der Waals surface area contributed by atoms with Crippen LogP contribution < -0.4 is 5.73 Å². The molecule has 0 saturated carbocycles. The molecule has 1 aromatic carbocycles. The van der Waals surface area contributed by atoms with Crippen LogP contribution in [0, 0.1) is 0 Å². The third kappa shape index (κ3) is 3.91. The van der Waals surface area contributed by atoms with E-state index in [9.17, 15) is 0 Å². The molecule has 5 nitrogen and oxygen atoms in total. The third-order valence-electron chi connectivity index (χ3n) is 3.91. The van der Waals surface area contributed by atoms with E-state index in [-0.39, 0.29) is 0 Å². The van der Waals surface area contributed by atoms with E-state index >= 15 is 0 Å². The van der Waals surface area contributed by atoms with Crippen molar-refractivity contribution in [1.29, 1.82) is 0 Å². The number of nitrogens with two attached hydrogens (primary N) is 1. The van der Waals surface area contributed by atoms with Gasteiger partial charge in [-0.2, -0.15) is 0 Å². The molecule has 2 heterocycles. The van der Waals surface area contributed by atoms with Crippen LogP contribution in [-0.4, -0.2) is 41.1 Å².